The lowest BCUT2D eigenvalue weighted by atomic mass is 10.2. The van der Waals surface area contributed by atoms with Crippen molar-refractivity contribution in [1.29, 1.82) is 0 Å². The van der Waals surface area contributed by atoms with Gasteiger partial charge >= 0.3 is 10.2 Å². The van der Waals surface area contributed by atoms with Gasteiger partial charge in [0.2, 0.25) is 5.95 Å². The molecule has 0 atom stereocenters. The summed E-state index contributed by atoms with van der Waals surface area (Å²) >= 11 is 0. The number of hydrogen-bond donors (Lipinski definition) is 2. The Morgan fingerprint density at radius 1 is 1.08 bits per heavy atom. The van der Waals surface area contributed by atoms with Crippen LogP contribution in [0.1, 0.15) is 6.92 Å². The Morgan fingerprint density at radius 3 is 2.47 bits per heavy atom. The maximum Gasteiger partial charge on any atom is 0.332 e. The van der Waals surface area contributed by atoms with E-state index in [0.717, 1.165) is 18.8 Å². The van der Waals surface area contributed by atoms with Crippen LogP contribution < -0.4 is 29.3 Å². The molecule has 0 aliphatic carbocycles. The molecule has 1 aromatic heterocycles. The summed E-state index contributed by atoms with van der Waals surface area (Å²) in [6.45, 7) is 3.76. The zero-order valence-corrected chi connectivity index (χ0v) is 22.0. The van der Waals surface area contributed by atoms with Crippen LogP contribution >= 0.6 is 0 Å². The van der Waals surface area contributed by atoms with Gasteiger partial charge in [-0.25, -0.2) is 9.29 Å². The van der Waals surface area contributed by atoms with E-state index in [1.54, 1.807) is 44.4 Å². The largest absolute Gasteiger partial charge is 0.494 e. The number of para-hydroxylation sites is 2. The standard InChI is InChI=1S/C24H32N8O3S/c1-6-31-19-9-7-8-10-20(19)32(36(31,33)34)23-11-12-26-24(28-23)27-18-15-17(25)21(16-22(18)35-5)30(4)14-13-29(2)3/h7-12,15-16H,6,13-14,25H2,1-5H3,(H,26,27,28). The molecule has 0 fully saturated rings. The number of nitrogens with one attached hydrogen (secondary N) is 1. The number of likely N-dealkylation sites (N-methyl/N-ethyl adjacent to an activating group) is 2. The van der Waals surface area contributed by atoms with Gasteiger partial charge in [0.25, 0.3) is 0 Å². The van der Waals surface area contributed by atoms with Crippen molar-refractivity contribution < 1.29 is 13.2 Å². The summed E-state index contributed by atoms with van der Waals surface area (Å²) < 4.78 is 34.8. The highest BCUT2D eigenvalue weighted by atomic mass is 32.2. The molecule has 0 saturated carbocycles. The number of nitrogens with zero attached hydrogens (tertiary/aromatic N) is 6. The topological polar surface area (TPSA) is 120 Å². The van der Waals surface area contributed by atoms with Gasteiger partial charge in [-0.2, -0.15) is 13.4 Å². The Labute approximate surface area is 212 Å². The molecule has 2 heterocycles. The first kappa shape index (κ1) is 25.3. The Bertz CT molecular complexity index is 1350. The molecule has 0 amide bonds. The fourth-order valence-corrected chi connectivity index (χ4v) is 5.73. The number of benzene rings is 2. The van der Waals surface area contributed by atoms with E-state index in [1.165, 1.54) is 14.8 Å². The monoisotopic (exact) mass is 512 g/mol. The third-order valence-electron chi connectivity index (χ3n) is 5.90. The van der Waals surface area contributed by atoms with Crippen LogP contribution in [0.3, 0.4) is 0 Å². The normalized spacial score (nSPS) is 14.2. The van der Waals surface area contributed by atoms with Crippen LogP contribution in [0.15, 0.2) is 48.7 Å². The second-order valence-electron chi connectivity index (χ2n) is 8.63. The molecule has 0 unspecified atom stereocenters. The minimum atomic E-state index is -3.83. The summed E-state index contributed by atoms with van der Waals surface area (Å²) in [6.07, 6.45) is 1.51. The van der Waals surface area contributed by atoms with Crippen molar-refractivity contribution in [3.05, 3.63) is 48.7 Å². The van der Waals surface area contributed by atoms with Crippen molar-refractivity contribution in [3.63, 3.8) is 0 Å². The molecule has 0 radical (unpaired) electrons. The quantitative estimate of drug-likeness (QED) is 0.417. The van der Waals surface area contributed by atoms with Crippen molar-refractivity contribution >= 4 is 50.4 Å². The number of ether oxygens (including phenoxy) is 1. The number of anilines is 7. The van der Waals surface area contributed by atoms with Gasteiger partial charge in [-0.1, -0.05) is 12.1 Å². The first-order valence-corrected chi connectivity index (χ1v) is 12.9. The number of nitrogens with two attached hydrogens (primary N) is 1. The molecule has 1 aliphatic rings. The molecular weight excluding hydrogens is 480 g/mol. The van der Waals surface area contributed by atoms with E-state index in [0.29, 0.717) is 35.0 Å². The molecule has 4 rings (SSSR count). The van der Waals surface area contributed by atoms with Crippen LogP contribution in [0.5, 0.6) is 5.75 Å². The average Bonchev–Trinajstić information content (AvgIpc) is 3.08. The maximum atomic E-state index is 13.3. The highest BCUT2D eigenvalue weighted by molar-refractivity contribution is 7.95. The third kappa shape index (κ3) is 4.69. The Balaban J connectivity index is 1.66. The van der Waals surface area contributed by atoms with Crippen molar-refractivity contribution in [3.8, 4) is 5.75 Å². The number of fused-ring (bicyclic) bond motifs is 1. The highest BCUT2D eigenvalue weighted by Crippen LogP contribution is 2.44. The van der Waals surface area contributed by atoms with Crippen LogP contribution in [-0.4, -0.2) is 71.2 Å². The molecule has 12 heteroatoms. The van der Waals surface area contributed by atoms with Gasteiger partial charge in [0.05, 0.1) is 35.5 Å². The van der Waals surface area contributed by atoms with Crippen LogP contribution in [0.4, 0.5) is 40.2 Å². The summed E-state index contributed by atoms with van der Waals surface area (Å²) in [5.41, 5.74) is 9.48. The third-order valence-corrected chi connectivity index (χ3v) is 7.76. The molecule has 2 aromatic carbocycles. The van der Waals surface area contributed by atoms with Crippen molar-refractivity contribution in [2.45, 2.75) is 6.92 Å². The maximum absolute atomic E-state index is 13.3. The van der Waals surface area contributed by atoms with Gasteiger partial charge in [-0.3, -0.25) is 4.31 Å². The lowest BCUT2D eigenvalue weighted by Crippen LogP contribution is -2.35. The summed E-state index contributed by atoms with van der Waals surface area (Å²) in [5.74, 6) is 0.991. The zero-order chi connectivity index (χ0) is 26.0. The minimum absolute atomic E-state index is 0.210. The second-order valence-corrected chi connectivity index (χ2v) is 10.3. The number of rotatable bonds is 9. The number of methoxy groups -OCH3 is 1. The average molecular weight is 513 g/mol. The van der Waals surface area contributed by atoms with Crippen LogP contribution in [-0.2, 0) is 10.2 Å². The van der Waals surface area contributed by atoms with E-state index in [-0.39, 0.29) is 11.8 Å². The van der Waals surface area contributed by atoms with E-state index >= 15 is 0 Å². The summed E-state index contributed by atoms with van der Waals surface area (Å²) in [7, 11) is 3.75. The predicted octanol–water partition coefficient (Wildman–Crippen LogP) is 3.03. The van der Waals surface area contributed by atoms with E-state index in [2.05, 4.69) is 25.1 Å². The lowest BCUT2D eigenvalue weighted by Gasteiger charge is -2.24. The van der Waals surface area contributed by atoms with Gasteiger partial charge in [-0.15, -0.1) is 0 Å². The van der Waals surface area contributed by atoms with Gasteiger partial charge in [-0.05, 0) is 39.2 Å². The molecule has 0 bridgehead atoms. The Hall–Kier alpha value is -3.77. The molecule has 1 aliphatic heterocycles. The molecule has 11 nitrogen and oxygen atoms in total. The lowest BCUT2D eigenvalue weighted by molar-refractivity contribution is 0.413. The minimum Gasteiger partial charge on any atom is -0.494 e. The van der Waals surface area contributed by atoms with Crippen molar-refractivity contribution in [2.75, 3.05) is 72.4 Å². The molecule has 0 spiro atoms. The molecular formula is C24H32N8O3S. The van der Waals surface area contributed by atoms with Gasteiger partial charge in [0.1, 0.15) is 5.75 Å². The molecule has 0 saturated heterocycles. The molecule has 36 heavy (non-hydrogen) atoms. The van der Waals surface area contributed by atoms with E-state index in [4.69, 9.17) is 10.5 Å². The number of aromatic nitrogens is 2. The van der Waals surface area contributed by atoms with E-state index in [1.807, 2.05) is 33.3 Å². The Kier molecular flexibility index (Phi) is 7.09. The highest BCUT2D eigenvalue weighted by Gasteiger charge is 2.41. The molecule has 3 aromatic rings. The second kappa shape index (κ2) is 10.1. The van der Waals surface area contributed by atoms with Crippen molar-refractivity contribution in [1.82, 2.24) is 14.9 Å². The molecule has 3 N–H and O–H groups in total. The van der Waals surface area contributed by atoms with E-state index < -0.39 is 10.2 Å². The molecule has 192 valence electrons. The van der Waals surface area contributed by atoms with Crippen LogP contribution in [0, 0.1) is 0 Å². The zero-order valence-electron chi connectivity index (χ0n) is 21.1. The fraction of sp³-hybridized carbons (Fsp3) is 0.333. The SMILES string of the molecule is CCN1c2ccccc2N(c2ccnc(Nc3cc(N)c(N(C)CCN(C)C)cc3OC)n2)S1(=O)=O. The first-order chi connectivity index (χ1) is 17.2. The summed E-state index contributed by atoms with van der Waals surface area (Å²) in [4.78, 5) is 13.0. The van der Waals surface area contributed by atoms with Crippen molar-refractivity contribution in [2.24, 2.45) is 0 Å². The Morgan fingerprint density at radius 2 is 1.81 bits per heavy atom. The predicted molar refractivity (Wildman–Crippen MR) is 145 cm³/mol. The fourth-order valence-electron chi connectivity index (χ4n) is 4.07. The smallest absolute Gasteiger partial charge is 0.332 e. The summed E-state index contributed by atoms with van der Waals surface area (Å²) in [5, 5.41) is 3.13. The van der Waals surface area contributed by atoms with E-state index in [9.17, 15) is 8.42 Å². The van der Waals surface area contributed by atoms with Crippen LogP contribution in [0.25, 0.3) is 0 Å². The number of nitrogen functional groups attached to an aromatic ring is 1. The first-order valence-electron chi connectivity index (χ1n) is 11.5. The summed E-state index contributed by atoms with van der Waals surface area (Å²) in [6, 6.07) is 12.3. The van der Waals surface area contributed by atoms with Gasteiger partial charge in [0, 0.05) is 45.0 Å². The number of hydrogen-bond acceptors (Lipinski definition) is 9. The van der Waals surface area contributed by atoms with Gasteiger partial charge < -0.3 is 25.6 Å². The van der Waals surface area contributed by atoms with Crippen LogP contribution in [0.2, 0.25) is 0 Å². The van der Waals surface area contributed by atoms with Gasteiger partial charge in [0.15, 0.2) is 5.82 Å².